The highest BCUT2D eigenvalue weighted by Gasteiger charge is 2.15. The van der Waals surface area contributed by atoms with Gasteiger partial charge >= 0.3 is 0 Å². The van der Waals surface area contributed by atoms with Crippen LogP contribution in [0.2, 0.25) is 0 Å². The Kier molecular flexibility index (Phi) is 5.59. The zero-order valence-electron chi connectivity index (χ0n) is 13.3. The molecule has 0 aliphatic carbocycles. The van der Waals surface area contributed by atoms with Crippen LogP contribution in [0.1, 0.15) is 31.4 Å². The summed E-state index contributed by atoms with van der Waals surface area (Å²) in [5, 5.41) is 2.43. The molecule has 0 heterocycles. The Morgan fingerprint density at radius 3 is 2.52 bits per heavy atom. The molecular weight excluding hydrogens is 260 g/mol. The smallest absolute Gasteiger partial charge is 0.119 e. The van der Waals surface area contributed by atoms with Gasteiger partial charge in [0, 0.05) is 12.6 Å². The molecular formula is C18H26N2O. The number of hydrogen-bond donors (Lipinski definition) is 1. The molecule has 0 spiro atoms. The number of likely N-dealkylation sites (N-methyl/N-ethyl adjacent to an activating group) is 1. The molecule has 2 aromatic rings. The van der Waals surface area contributed by atoms with Crippen LogP contribution in [0, 0.1) is 0 Å². The molecule has 0 saturated heterocycles. The van der Waals surface area contributed by atoms with Gasteiger partial charge < -0.3 is 10.5 Å². The predicted molar refractivity (Wildman–Crippen MR) is 89.8 cm³/mol. The molecule has 3 nitrogen and oxygen atoms in total. The number of unbranched alkanes of at least 4 members (excludes halogenated alkanes) is 1. The van der Waals surface area contributed by atoms with Gasteiger partial charge in [-0.15, -0.1) is 0 Å². The highest BCUT2D eigenvalue weighted by atomic mass is 16.5. The maximum atomic E-state index is 6.01. The second-order valence-electron chi connectivity index (χ2n) is 5.56. The number of nitrogens with two attached hydrogens (primary N) is 1. The number of fused-ring (bicyclic) bond motifs is 1. The number of hydrogen-bond acceptors (Lipinski definition) is 3. The molecule has 1 unspecified atom stereocenters. The lowest BCUT2D eigenvalue weighted by molar-refractivity contribution is 0.246. The molecule has 1 atom stereocenters. The monoisotopic (exact) mass is 286 g/mol. The average molecular weight is 286 g/mol. The van der Waals surface area contributed by atoms with Crippen molar-refractivity contribution in [3.8, 4) is 5.75 Å². The van der Waals surface area contributed by atoms with Crippen molar-refractivity contribution >= 4 is 10.8 Å². The van der Waals surface area contributed by atoms with Gasteiger partial charge in [0.2, 0.25) is 0 Å². The lowest BCUT2D eigenvalue weighted by atomic mass is 10.0. The zero-order valence-corrected chi connectivity index (χ0v) is 13.3. The van der Waals surface area contributed by atoms with Gasteiger partial charge in [0.05, 0.1) is 7.11 Å². The molecule has 2 rings (SSSR count). The first-order valence-electron chi connectivity index (χ1n) is 7.67. The van der Waals surface area contributed by atoms with E-state index in [9.17, 15) is 0 Å². The van der Waals surface area contributed by atoms with Gasteiger partial charge in [-0.05, 0) is 54.5 Å². The summed E-state index contributed by atoms with van der Waals surface area (Å²) >= 11 is 0. The third kappa shape index (κ3) is 3.74. The summed E-state index contributed by atoms with van der Waals surface area (Å²) in [6.07, 6.45) is 2.41. The summed E-state index contributed by atoms with van der Waals surface area (Å²) in [6, 6.07) is 13.0. The summed E-state index contributed by atoms with van der Waals surface area (Å²) in [5.41, 5.74) is 7.29. The van der Waals surface area contributed by atoms with E-state index >= 15 is 0 Å². The van der Waals surface area contributed by atoms with E-state index in [1.807, 2.05) is 6.07 Å². The fraction of sp³-hybridized carbons (Fsp3) is 0.444. The third-order valence-corrected chi connectivity index (χ3v) is 4.08. The summed E-state index contributed by atoms with van der Waals surface area (Å²) in [6.45, 7) is 3.94. The first kappa shape index (κ1) is 15.8. The molecule has 0 saturated carbocycles. The molecule has 3 heteroatoms. The van der Waals surface area contributed by atoms with Crippen molar-refractivity contribution in [3.05, 3.63) is 42.0 Å². The van der Waals surface area contributed by atoms with Crippen molar-refractivity contribution in [3.63, 3.8) is 0 Å². The minimum absolute atomic E-state index is 0.281. The molecule has 2 N–H and O–H groups in total. The van der Waals surface area contributed by atoms with Crippen LogP contribution in [0.15, 0.2) is 36.4 Å². The maximum absolute atomic E-state index is 6.01. The van der Waals surface area contributed by atoms with Gasteiger partial charge in [-0.3, -0.25) is 4.90 Å². The molecule has 21 heavy (non-hydrogen) atoms. The fourth-order valence-electron chi connectivity index (χ4n) is 2.71. The van der Waals surface area contributed by atoms with Crippen LogP contribution in [0.25, 0.3) is 10.8 Å². The van der Waals surface area contributed by atoms with Crippen molar-refractivity contribution in [2.45, 2.75) is 25.8 Å². The first-order chi connectivity index (χ1) is 10.2. The van der Waals surface area contributed by atoms with Crippen LogP contribution >= 0.6 is 0 Å². The predicted octanol–water partition coefficient (Wildman–Crippen LogP) is 3.58. The quantitative estimate of drug-likeness (QED) is 0.845. The van der Waals surface area contributed by atoms with E-state index in [-0.39, 0.29) is 6.04 Å². The number of rotatable bonds is 7. The highest BCUT2D eigenvalue weighted by Crippen LogP contribution is 2.26. The number of ether oxygens (including phenoxy) is 1. The van der Waals surface area contributed by atoms with E-state index in [1.165, 1.54) is 29.2 Å². The van der Waals surface area contributed by atoms with Crippen LogP contribution < -0.4 is 10.5 Å². The van der Waals surface area contributed by atoms with E-state index in [0.717, 1.165) is 12.3 Å². The Labute approximate surface area is 127 Å². The Morgan fingerprint density at radius 2 is 1.86 bits per heavy atom. The highest BCUT2D eigenvalue weighted by molar-refractivity contribution is 5.84. The maximum Gasteiger partial charge on any atom is 0.119 e. The van der Waals surface area contributed by atoms with Crippen LogP contribution in [0.3, 0.4) is 0 Å². The molecule has 0 aliphatic heterocycles. The molecule has 0 fully saturated rings. The van der Waals surface area contributed by atoms with Gasteiger partial charge in [-0.2, -0.15) is 0 Å². The summed E-state index contributed by atoms with van der Waals surface area (Å²) in [4.78, 5) is 2.36. The molecule has 0 aliphatic rings. The van der Waals surface area contributed by atoms with Crippen LogP contribution in [-0.2, 0) is 0 Å². The van der Waals surface area contributed by atoms with Crippen molar-refractivity contribution < 1.29 is 4.74 Å². The summed E-state index contributed by atoms with van der Waals surface area (Å²) < 4.78 is 5.28. The van der Waals surface area contributed by atoms with Gasteiger partial charge in [0.15, 0.2) is 0 Å². The average Bonchev–Trinajstić information content (AvgIpc) is 2.53. The van der Waals surface area contributed by atoms with Crippen LogP contribution in [-0.4, -0.2) is 32.1 Å². The molecule has 2 aromatic carbocycles. The van der Waals surface area contributed by atoms with Crippen LogP contribution in [0.4, 0.5) is 0 Å². The molecule has 0 bridgehead atoms. The van der Waals surface area contributed by atoms with E-state index in [2.05, 4.69) is 49.2 Å². The molecule has 0 amide bonds. The minimum Gasteiger partial charge on any atom is -0.497 e. The third-order valence-electron chi connectivity index (χ3n) is 4.08. The zero-order chi connectivity index (χ0) is 15.2. The first-order valence-corrected chi connectivity index (χ1v) is 7.67. The fourth-order valence-corrected chi connectivity index (χ4v) is 2.71. The van der Waals surface area contributed by atoms with E-state index < -0.39 is 0 Å². The summed E-state index contributed by atoms with van der Waals surface area (Å²) in [5.74, 6) is 0.894. The largest absolute Gasteiger partial charge is 0.497 e. The summed E-state index contributed by atoms with van der Waals surface area (Å²) in [7, 11) is 3.86. The number of methoxy groups -OCH3 is 1. The lowest BCUT2D eigenvalue weighted by Crippen LogP contribution is -2.31. The van der Waals surface area contributed by atoms with Crippen molar-refractivity contribution in [1.29, 1.82) is 0 Å². The van der Waals surface area contributed by atoms with Gasteiger partial charge in [0.1, 0.15) is 5.75 Å². The standard InChI is InChI=1S/C18H26N2O/c1-4-5-10-20(2)18(13-19)16-7-6-15-12-17(21-3)9-8-14(15)11-16/h6-9,11-12,18H,4-5,10,13,19H2,1-3H3. The normalized spacial score (nSPS) is 12.8. The Balaban J connectivity index is 2.27. The van der Waals surface area contributed by atoms with Gasteiger partial charge in [0.25, 0.3) is 0 Å². The number of benzene rings is 2. The molecule has 0 aromatic heterocycles. The van der Waals surface area contributed by atoms with Gasteiger partial charge in [-0.25, -0.2) is 0 Å². The van der Waals surface area contributed by atoms with E-state index in [0.29, 0.717) is 6.54 Å². The Bertz CT molecular complexity index is 582. The van der Waals surface area contributed by atoms with Crippen molar-refractivity contribution in [2.75, 3.05) is 27.2 Å². The molecule has 114 valence electrons. The van der Waals surface area contributed by atoms with Crippen molar-refractivity contribution in [1.82, 2.24) is 4.90 Å². The van der Waals surface area contributed by atoms with E-state index in [1.54, 1.807) is 7.11 Å². The SMILES string of the molecule is CCCCN(C)C(CN)c1ccc2cc(OC)ccc2c1. The molecule has 0 radical (unpaired) electrons. The Hall–Kier alpha value is -1.58. The van der Waals surface area contributed by atoms with Gasteiger partial charge in [-0.1, -0.05) is 31.5 Å². The topological polar surface area (TPSA) is 38.5 Å². The second-order valence-corrected chi connectivity index (χ2v) is 5.56. The van der Waals surface area contributed by atoms with Crippen LogP contribution in [0.5, 0.6) is 5.75 Å². The number of nitrogens with zero attached hydrogens (tertiary/aromatic N) is 1. The van der Waals surface area contributed by atoms with Crippen molar-refractivity contribution in [2.24, 2.45) is 5.73 Å². The second kappa shape index (κ2) is 7.43. The van der Waals surface area contributed by atoms with E-state index in [4.69, 9.17) is 10.5 Å². The minimum atomic E-state index is 0.281. The lowest BCUT2D eigenvalue weighted by Gasteiger charge is -2.27. The Morgan fingerprint density at radius 1 is 1.14 bits per heavy atom.